The quantitative estimate of drug-likeness (QED) is 0.0386. The summed E-state index contributed by atoms with van der Waals surface area (Å²) < 4.78 is 31.9. The van der Waals surface area contributed by atoms with Crippen molar-refractivity contribution in [2.24, 2.45) is 0 Å². The van der Waals surface area contributed by atoms with E-state index in [2.05, 4.69) is 25.7 Å². The van der Waals surface area contributed by atoms with E-state index in [0.717, 1.165) is 30.6 Å². The number of carbonyl (C=O) groups excluding carboxylic acids is 1. The van der Waals surface area contributed by atoms with E-state index in [4.69, 9.17) is 14.2 Å². The van der Waals surface area contributed by atoms with Gasteiger partial charge in [0.15, 0.2) is 11.6 Å². The third-order valence-electron chi connectivity index (χ3n) is 9.00. The first-order chi connectivity index (χ1) is 24.5. The minimum Gasteiger partial charge on any atom is -0.494 e. The highest BCUT2D eigenvalue weighted by atomic mass is 19.1. The van der Waals surface area contributed by atoms with E-state index in [1.807, 2.05) is 19.1 Å². The zero-order valence-corrected chi connectivity index (χ0v) is 31.1. The molecule has 3 rings (SSSR count). The smallest absolute Gasteiger partial charge is 0.343 e. The van der Waals surface area contributed by atoms with E-state index in [-0.39, 0.29) is 11.9 Å². The molecule has 0 saturated carbocycles. The molecule has 0 amide bonds. The Morgan fingerprint density at radius 3 is 1.70 bits per heavy atom. The first kappa shape index (κ1) is 40.6. The second-order valence-corrected chi connectivity index (χ2v) is 13.6. The third-order valence-corrected chi connectivity index (χ3v) is 9.00. The molecule has 0 N–H and O–H groups in total. The van der Waals surface area contributed by atoms with Gasteiger partial charge in [0.2, 0.25) is 0 Å². The van der Waals surface area contributed by atoms with Crippen LogP contribution in [0.3, 0.4) is 0 Å². The van der Waals surface area contributed by atoms with Gasteiger partial charge < -0.3 is 14.2 Å². The van der Waals surface area contributed by atoms with Crippen LogP contribution < -0.4 is 14.2 Å². The van der Waals surface area contributed by atoms with Crippen molar-refractivity contribution < 1.29 is 23.4 Å². The van der Waals surface area contributed by atoms with Crippen LogP contribution in [0.4, 0.5) is 4.39 Å². The fourth-order valence-corrected chi connectivity index (χ4v) is 5.90. The first-order valence-electron chi connectivity index (χ1n) is 19.5. The lowest BCUT2D eigenvalue weighted by atomic mass is 10.0. The number of halogens is 1. The van der Waals surface area contributed by atoms with E-state index >= 15 is 0 Å². The molecule has 0 saturated heterocycles. The summed E-state index contributed by atoms with van der Waals surface area (Å²) in [5, 5.41) is 0. The topological polar surface area (TPSA) is 44.8 Å². The van der Waals surface area contributed by atoms with Crippen molar-refractivity contribution >= 4 is 5.97 Å². The SMILES string of the molecule is CCCCCCCCCCCCCCCCOc1ccc(C(=O)Oc2ccc(C#Cc3ccc(OC(C)CCCCCC)c(F)c3)cc2)cc1. The van der Waals surface area contributed by atoms with E-state index in [1.54, 1.807) is 48.5 Å². The molecule has 4 nitrogen and oxygen atoms in total. The molecule has 272 valence electrons. The van der Waals surface area contributed by atoms with Crippen molar-refractivity contribution in [2.45, 2.75) is 149 Å². The fourth-order valence-electron chi connectivity index (χ4n) is 5.90. The molecule has 5 heteroatoms. The molecular weight excluding hydrogens is 623 g/mol. The Morgan fingerprint density at radius 2 is 1.12 bits per heavy atom. The number of hydrogen-bond acceptors (Lipinski definition) is 4. The van der Waals surface area contributed by atoms with Gasteiger partial charge in [-0.25, -0.2) is 9.18 Å². The summed E-state index contributed by atoms with van der Waals surface area (Å²) in [5.74, 6) is 6.63. The Balaban J connectivity index is 1.30. The molecule has 0 aromatic heterocycles. The standard InChI is InChI=1S/C45H61FO4/c1-4-6-8-10-11-12-13-14-15-16-17-18-19-21-35-48-41-32-28-40(29-33-41)45(47)50-42-30-25-38(26-31-42)23-24-39-27-34-44(43(46)36-39)49-37(3)22-20-9-7-5-2/h25-34,36-37H,4-22,35H2,1-3H3. The van der Waals surface area contributed by atoms with Gasteiger partial charge in [0, 0.05) is 11.1 Å². The number of esters is 1. The molecule has 0 aliphatic heterocycles. The van der Waals surface area contributed by atoms with Crippen LogP contribution in [0.2, 0.25) is 0 Å². The molecular formula is C45H61FO4. The van der Waals surface area contributed by atoms with Gasteiger partial charge in [-0.15, -0.1) is 0 Å². The van der Waals surface area contributed by atoms with Crippen LogP contribution in [0.5, 0.6) is 17.2 Å². The van der Waals surface area contributed by atoms with Gasteiger partial charge in [-0.2, -0.15) is 0 Å². The zero-order valence-electron chi connectivity index (χ0n) is 31.1. The highest BCUT2D eigenvalue weighted by Crippen LogP contribution is 2.22. The molecule has 0 aliphatic carbocycles. The van der Waals surface area contributed by atoms with Gasteiger partial charge in [-0.3, -0.25) is 0 Å². The highest BCUT2D eigenvalue weighted by molar-refractivity contribution is 5.91. The maximum atomic E-state index is 14.6. The van der Waals surface area contributed by atoms with E-state index in [9.17, 15) is 9.18 Å². The van der Waals surface area contributed by atoms with Crippen LogP contribution in [0.15, 0.2) is 66.7 Å². The average Bonchev–Trinajstić information content (AvgIpc) is 3.12. The summed E-state index contributed by atoms with van der Waals surface area (Å²) in [6, 6.07) is 18.9. The normalized spacial score (nSPS) is 11.4. The number of benzene rings is 3. The molecule has 0 spiro atoms. The van der Waals surface area contributed by atoms with Crippen LogP contribution >= 0.6 is 0 Å². The Labute approximate surface area is 302 Å². The molecule has 3 aromatic rings. The summed E-state index contributed by atoms with van der Waals surface area (Å²) in [5.41, 5.74) is 1.75. The van der Waals surface area contributed by atoms with Crippen LogP contribution in [0.25, 0.3) is 0 Å². The molecule has 0 aliphatic rings. The van der Waals surface area contributed by atoms with Crippen LogP contribution in [-0.2, 0) is 0 Å². The Morgan fingerprint density at radius 1 is 0.620 bits per heavy atom. The molecule has 0 radical (unpaired) electrons. The monoisotopic (exact) mass is 684 g/mol. The lowest BCUT2D eigenvalue weighted by molar-refractivity contribution is 0.0734. The van der Waals surface area contributed by atoms with Gasteiger partial charge in [-0.1, -0.05) is 128 Å². The Bertz CT molecular complexity index is 1400. The zero-order chi connectivity index (χ0) is 35.7. The number of rotatable bonds is 25. The molecule has 0 bridgehead atoms. The van der Waals surface area contributed by atoms with Gasteiger partial charge in [0.25, 0.3) is 0 Å². The fraction of sp³-hybridized carbons (Fsp3) is 0.533. The van der Waals surface area contributed by atoms with Gasteiger partial charge in [0.1, 0.15) is 11.5 Å². The third kappa shape index (κ3) is 17.2. The van der Waals surface area contributed by atoms with Crippen LogP contribution in [0.1, 0.15) is 164 Å². The van der Waals surface area contributed by atoms with Crippen molar-refractivity contribution in [3.63, 3.8) is 0 Å². The summed E-state index contributed by atoms with van der Waals surface area (Å²) in [6.07, 6.45) is 24.2. The first-order valence-corrected chi connectivity index (χ1v) is 19.5. The van der Waals surface area contributed by atoms with Crippen molar-refractivity contribution in [3.8, 4) is 29.1 Å². The van der Waals surface area contributed by atoms with E-state index in [1.165, 1.54) is 109 Å². The van der Waals surface area contributed by atoms with Crippen LogP contribution in [-0.4, -0.2) is 18.7 Å². The lowest BCUT2D eigenvalue weighted by Crippen LogP contribution is -2.12. The number of unbranched alkanes of at least 4 members (excludes halogenated alkanes) is 16. The predicted octanol–water partition coefficient (Wildman–Crippen LogP) is 13.0. The summed E-state index contributed by atoms with van der Waals surface area (Å²) in [6.45, 7) is 7.12. The van der Waals surface area contributed by atoms with Crippen molar-refractivity contribution in [1.82, 2.24) is 0 Å². The average molecular weight is 685 g/mol. The largest absolute Gasteiger partial charge is 0.494 e. The van der Waals surface area contributed by atoms with Crippen LogP contribution in [0, 0.1) is 17.7 Å². The predicted molar refractivity (Wildman–Crippen MR) is 205 cm³/mol. The number of carbonyl (C=O) groups is 1. The number of hydrogen-bond donors (Lipinski definition) is 0. The maximum Gasteiger partial charge on any atom is 0.343 e. The number of ether oxygens (including phenoxy) is 3. The molecule has 3 aromatic carbocycles. The minimum absolute atomic E-state index is 0.0344. The van der Waals surface area contributed by atoms with E-state index in [0.29, 0.717) is 23.5 Å². The van der Waals surface area contributed by atoms with E-state index < -0.39 is 11.8 Å². The molecule has 0 fully saturated rings. The Hall–Kier alpha value is -3.78. The van der Waals surface area contributed by atoms with Gasteiger partial charge in [0.05, 0.1) is 18.3 Å². The van der Waals surface area contributed by atoms with Crippen molar-refractivity contribution in [1.29, 1.82) is 0 Å². The van der Waals surface area contributed by atoms with Gasteiger partial charge >= 0.3 is 5.97 Å². The summed E-state index contributed by atoms with van der Waals surface area (Å²) in [7, 11) is 0. The summed E-state index contributed by atoms with van der Waals surface area (Å²) in [4.78, 5) is 12.7. The summed E-state index contributed by atoms with van der Waals surface area (Å²) >= 11 is 0. The molecule has 50 heavy (non-hydrogen) atoms. The molecule has 1 unspecified atom stereocenters. The molecule has 1 atom stereocenters. The minimum atomic E-state index is -0.435. The molecule has 0 heterocycles. The second kappa shape index (κ2) is 25.2. The van der Waals surface area contributed by atoms with Crippen molar-refractivity contribution in [2.75, 3.05) is 6.61 Å². The van der Waals surface area contributed by atoms with Crippen molar-refractivity contribution in [3.05, 3.63) is 89.2 Å². The second-order valence-electron chi connectivity index (χ2n) is 13.6. The maximum absolute atomic E-state index is 14.6. The van der Waals surface area contributed by atoms with Gasteiger partial charge in [-0.05, 0) is 92.9 Å². The lowest BCUT2D eigenvalue weighted by Gasteiger charge is -2.15. The highest BCUT2D eigenvalue weighted by Gasteiger charge is 2.10. The Kier molecular flexibility index (Phi) is 20.5.